The predicted molar refractivity (Wildman–Crippen MR) is 75.1 cm³/mol. The van der Waals surface area contributed by atoms with Crippen LogP contribution in [-0.2, 0) is 4.79 Å². The van der Waals surface area contributed by atoms with Crippen LogP contribution in [0.4, 0.5) is 8.78 Å². The van der Waals surface area contributed by atoms with Gasteiger partial charge >= 0.3 is 0 Å². The van der Waals surface area contributed by atoms with E-state index in [-0.39, 0.29) is 17.3 Å². The Labute approximate surface area is 120 Å². The van der Waals surface area contributed by atoms with Gasteiger partial charge in [0.1, 0.15) is 0 Å². The van der Waals surface area contributed by atoms with Gasteiger partial charge in [-0.05, 0) is 0 Å². The normalized spacial score (nSPS) is 11.2. The molecule has 0 unspecified atom stereocenters. The van der Waals surface area contributed by atoms with Gasteiger partial charge in [0.2, 0.25) is 5.91 Å². The Balaban J connectivity index is 2.24. The van der Waals surface area contributed by atoms with Crippen LogP contribution < -0.4 is 11.1 Å². The van der Waals surface area contributed by atoms with Gasteiger partial charge in [0.05, 0.1) is 24.6 Å². The van der Waals surface area contributed by atoms with Crippen LogP contribution in [0.3, 0.4) is 0 Å². The van der Waals surface area contributed by atoms with Crippen molar-refractivity contribution in [2.45, 2.75) is 5.92 Å². The lowest BCUT2D eigenvalue weighted by molar-refractivity contribution is -0.120. The molecule has 0 heterocycles. The summed E-state index contributed by atoms with van der Waals surface area (Å²) >= 11 is 1.08. The molecule has 20 heavy (non-hydrogen) atoms. The summed E-state index contributed by atoms with van der Waals surface area (Å²) in [6.07, 6.45) is 0. The van der Waals surface area contributed by atoms with Gasteiger partial charge in [-0.3, -0.25) is 9.59 Å². The van der Waals surface area contributed by atoms with Crippen molar-refractivity contribution >= 4 is 23.5 Å². The van der Waals surface area contributed by atoms with E-state index in [0.717, 1.165) is 11.8 Å². The highest BCUT2D eigenvalue weighted by molar-refractivity contribution is 8.00. The number of alkyl halides is 2. The highest BCUT2D eigenvalue weighted by atomic mass is 32.2. The summed E-state index contributed by atoms with van der Waals surface area (Å²) in [4.78, 5) is 23.0. The number of Topliss-reactive ketones (excluding diaryl/α,β-unsaturated/α-hetero) is 1. The Kier molecular flexibility index (Phi) is 6.60. The van der Waals surface area contributed by atoms with Crippen molar-refractivity contribution in [2.24, 2.45) is 5.73 Å². The lowest BCUT2D eigenvalue weighted by Gasteiger charge is -2.14. The van der Waals surface area contributed by atoms with Crippen LogP contribution in [0.15, 0.2) is 30.3 Å². The van der Waals surface area contributed by atoms with Crippen LogP contribution in [0.2, 0.25) is 0 Å². The summed E-state index contributed by atoms with van der Waals surface area (Å²) in [6.45, 7) is -1.59. The maximum Gasteiger partial charge on any atom is 0.277 e. The summed E-state index contributed by atoms with van der Waals surface area (Å²) in [5.74, 6) is -3.65. The SMILES string of the molecule is NCC(F)(F)CNC(=O)CSCC(=O)c1ccccc1. The molecule has 1 rings (SSSR count). The number of ketones is 1. The fourth-order valence-corrected chi connectivity index (χ4v) is 2.04. The molecule has 0 bridgehead atoms. The lowest BCUT2D eigenvalue weighted by atomic mass is 10.2. The minimum Gasteiger partial charge on any atom is -0.349 e. The molecule has 1 aromatic carbocycles. The molecular weight excluding hydrogens is 286 g/mol. The molecule has 0 atom stereocenters. The monoisotopic (exact) mass is 302 g/mol. The van der Waals surface area contributed by atoms with Crippen molar-refractivity contribution in [3.05, 3.63) is 35.9 Å². The maximum atomic E-state index is 12.8. The second kappa shape index (κ2) is 7.96. The number of rotatable bonds is 8. The number of hydrogen-bond acceptors (Lipinski definition) is 4. The number of halogens is 2. The van der Waals surface area contributed by atoms with E-state index < -0.39 is 24.9 Å². The van der Waals surface area contributed by atoms with E-state index in [9.17, 15) is 18.4 Å². The Morgan fingerprint density at radius 3 is 2.45 bits per heavy atom. The van der Waals surface area contributed by atoms with Crippen molar-refractivity contribution < 1.29 is 18.4 Å². The zero-order valence-corrected chi connectivity index (χ0v) is 11.6. The first kappa shape index (κ1) is 16.6. The standard InChI is InChI=1S/C13H16F2N2O2S/c14-13(15,8-16)9-17-12(19)7-20-6-11(18)10-4-2-1-3-5-10/h1-5H,6-9,16H2,(H,17,19). The molecule has 0 aliphatic rings. The number of amides is 1. The molecule has 110 valence electrons. The van der Waals surface area contributed by atoms with E-state index in [2.05, 4.69) is 5.32 Å². The molecule has 0 spiro atoms. The first-order chi connectivity index (χ1) is 9.44. The second-order valence-electron chi connectivity index (χ2n) is 4.12. The average molecular weight is 302 g/mol. The molecule has 0 radical (unpaired) electrons. The van der Waals surface area contributed by atoms with Crippen molar-refractivity contribution in [3.63, 3.8) is 0 Å². The molecule has 7 heteroatoms. The molecule has 0 saturated carbocycles. The van der Waals surface area contributed by atoms with Gasteiger partial charge in [-0.15, -0.1) is 11.8 Å². The van der Waals surface area contributed by atoms with Crippen molar-refractivity contribution in [1.29, 1.82) is 0 Å². The van der Waals surface area contributed by atoms with E-state index in [0.29, 0.717) is 5.56 Å². The maximum absolute atomic E-state index is 12.8. The Morgan fingerprint density at radius 1 is 1.20 bits per heavy atom. The van der Waals surface area contributed by atoms with Gasteiger partial charge in [0.15, 0.2) is 5.78 Å². The molecular formula is C13H16F2N2O2S. The van der Waals surface area contributed by atoms with Gasteiger partial charge < -0.3 is 11.1 Å². The van der Waals surface area contributed by atoms with Gasteiger partial charge in [-0.1, -0.05) is 30.3 Å². The van der Waals surface area contributed by atoms with E-state index >= 15 is 0 Å². The summed E-state index contributed by atoms with van der Waals surface area (Å²) in [5, 5.41) is 2.09. The number of nitrogens with one attached hydrogen (secondary N) is 1. The largest absolute Gasteiger partial charge is 0.349 e. The van der Waals surface area contributed by atoms with Crippen molar-refractivity contribution in [1.82, 2.24) is 5.32 Å². The zero-order valence-electron chi connectivity index (χ0n) is 10.8. The van der Waals surface area contributed by atoms with E-state index in [4.69, 9.17) is 5.73 Å². The second-order valence-corrected chi connectivity index (χ2v) is 5.10. The molecule has 0 saturated heterocycles. The van der Waals surface area contributed by atoms with Crippen LogP contribution >= 0.6 is 11.8 Å². The summed E-state index contributed by atoms with van der Waals surface area (Å²) in [7, 11) is 0. The topological polar surface area (TPSA) is 72.2 Å². The molecule has 1 aromatic rings. The fourth-order valence-electron chi connectivity index (χ4n) is 1.29. The quantitative estimate of drug-likeness (QED) is 0.710. The predicted octanol–water partition coefficient (Wildman–Crippen LogP) is 1.31. The van der Waals surface area contributed by atoms with E-state index in [1.54, 1.807) is 30.3 Å². The third-order valence-corrected chi connectivity index (χ3v) is 3.34. The first-order valence-corrected chi connectivity index (χ1v) is 7.10. The van der Waals surface area contributed by atoms with E-state index in [1.807, 2.05) is 0 Å². The third kappa shape index (κ3) is 6.12. The smallest absolute Gasteiger partial charge is 0.277 e. The highest BCUT2D eigenvalue weighted by Gasteiger charge is 2.27. The fraction of sp³-hybridized carbons (Fsp3) is 0.385. The van der Waals surface area contributed by atoms with Crippen molar-refractivity contribution in [3.8, 4) is 0 Å². The molecule has 4 nitrogen and oxygen atoms in total. The summed E-state index contributed by atoms with van der Waals surface area (Å²) in [6, 6.07) is 8.67. The summed E-state index contributed by atoms with van der Waals surface area (Å²) < 4.78 is 25.6. The molecule has 1 amide bonds. The van der Waals surface area contributed by atoms with Crippen LogP contribution in [-0.4, -0.2) is 42.2 Å². The van der Waals surface area contributed by atoms with E-state index in [1.165, 1.54) is 0 Å². The minimum atomic E-state index is -3.10. The number of thioether (sulfide) groups is 1. The van der Waals surface area contributed by atoms with Crippen LogP contribution in [0.1, 0.15) is 10.4 Å². The lowest BCUT2D eigenvalue weighted by Crippen LogP contribution is -2.42. The minimum absolute atomic E-state index is 0.0424. The number of carbonyl (C=O) groups is 2. The highest BCUT2D eigenvalue weighted by Crippen LogP contribution is 2.10. The van der Waals surface area contributed by atoms with Gasteiger partial charge in [0, 0.05) is 5.56 Å². The number of carbonyl (C=O) groups excluding carboxylic acids is 2. The van der Waals surface area contributed by atoms with Gasteiger partial charge in [-0.2, -0.15) is 0 Å². The number of benzene rings is 1. The Bertz CT molecular complexity index is 455. The Hall–Kier alpha value is -1.47. The molecule has 3 N–H and O–H groups in total. The molecule has 0 aromatic heterocycles. The average Bonchev–Trinajstić information content (AvgIpc) is 2.46. The number of hydrogen-bond donors (Lipinski definition) is 2. The first-order valence-electron chi connectivity index (χ1n) is 5.95. The number of nitrogens with two attached hydrogens (primary N) is 1. The van der Waals surface area contributed by atoms with Crippen LogP contribution in [0, 0.1) is 0 Å². The van der Waals surface area contributed by atoms with Crippen LogP contribution in [0.25, 0.3) is 0 Å². The molecule has 0 aliphatic heterocycles. The molecule has 0 aliphatic carbocycles. The Morgan fingerprint density at radius 2 is 1.85 bits per heavy atom. The zero-order chi connectivity index (χ0) is 15.0. The van der Waals surface area contributed by atoms with Crippen molar-refractivity contribution in [2.75, 3.05) is 24.6 Å². The summed E-state index contributed by atoms with van der Waals surface area (Å²) in [5.41, 5.74) is 5.41. The van der Waals surface area contributed by atoms with Crippen LogP contribution in [0.5, 0.6) is 0 Å². The molecule has 0 fully saturated rings. The van der Waals surface area contributed by atoms with Gasteiger partial charge in [0.25, 0.3) is 5.92 Å². The van der Waals surface area contributed by atoms with Gasteiger partial charge in [-0.25, -0.2) is 8.78 Å². The third-order valence-electron chi connectivity index (χ3n) is 2.40.